The summed E-state index contributed by atoms with van der Waals surface area (Å²) < 4.78 is 0. The Morgan fingerprint density at radius 2 is 1.93 bits per heavy atom. The number of aromatic hydroxyl groups is 1. The van der Waals surface area contributed by atoms with E-state index in [1.807, 2.05) is 6.07 Å². The van der Waals surface area contributed by atoms with Gasteiger partial charge in [-0.25, -0.2) is 0 Å². The minimum Gasteiger partial charge on any atom is -0.508 e. The first kappa shape index (κ1) is 9.52. The summed E-state index contributed by atoms with van der Waals surface area (Å²) >= 11 is 0. The number of phenolic OH excluding ortho intramolecular Hbond substituents is 1. The Labute approximate surface area is 87.1 Å². The molecule has 0 saturated heterocycles. The Balaban J connectivity index is 2.90. The van der Waals surface area contributed by atoms with Gasteiger partial charge in [-0.05, 0) is 35.9 Å². The van der Waals surface area contributed by atoms with Crippen LogP contribution in [0.3, 0.4) is 0 Å². The zero-order chi connectivity index (χ0) is 11.0. The smallest absolute Gasteiger partial charge is 0.162 e. The summed E-state index contributed by atoms with van der Waals surface area (Å²) in [5, 5.41) is 11.0. The summed E-state index contributed by atoms with van der Waals surface area (Å²) in [5.41, 5.74) is 6.66. The standard InChI is InChI=1S/C12H11NO2/c1-7(14)12-10-6-9(15)4-2-8(10)3-5-11(12)13/h2-6,15H,13H2,1H3. The van der Waals surface area contributed by atoms with Crippen LogP contribution in [0.15, 0.2) is 30.3 Å². The van der Waals surface area contributed by atoms with Crippen molar-refractivity contribution in [2.75, 3.05) is 5.73 Å². The van der Waals surface area contributed by atoms with Crippen molar-refractivity contribution in [3.05, 3.63) is 35.9 Å². The number of benzene rings is 2. The number of nitrogen functional groups attached to an aromatic ring is 1. The fraction of sp³-hybridized carbons (Fsp3) is 0.0833. The third kappa shape index (κ3) is 1.52. The third-order valence-electron chi connectivity index (χ3n) is 2.39. The number of anilines is 1. The molecule has 0 aromatic heterocycles. The summed E-state index contributed by atoms with van der Waals surface area (Å²) in [4.78, 5) is 11.4. The maximum Gasteiger partial charge on any atom is 0.162 e. The highest BCUT2D eigenvalue weighted by Crippen LogP contribution is 2.27. The third-order valence-corrected chi connectivity index (χ3v) is 2.39. The van der Waals surface area contributed by atoms with Gasteiger partial charge in [-0.3, -0.25) is 4.79 Å². The van der Waals surface area contributed by atoms with Gasteiger partial charge in [-0.2, -0.15) is 0 Å². The Morgan fingerprint density at radius 1 is 1.27 bits per heavy atom. The molecule has 0 bridgehead atoms. The highest BCUT2D eigenvalue weighted by molar-refractivity contribution is 6.11. The van der Waals surface area contributed by atoms with Gasteiger partial charge in [0.05, 0.1) is 0 Å². The first-order valence-corrected chi connectivity index (χ1v) is 4.62. The molecule has 0 aliphatic heterocycles. The molecule has 0 aliphatic rings. The molecule has 0 spiro atoms. The van der Waals surface area contributed by atoms with Crippen molar-refractivity contribution in [3.8, 4) is 5.75 Å². The average molecular weight is 201 g/mol. The molecular formula is C12H11NO2. The van der Waals surface area contributed by atoms with E-state index in [1.165, 1.54) is 6.92 Å². The number of nitrogens with two attached hydrogens (primary N) is 1. The SMILES string of the molecule is CC(=O)c1c(N)ccc2ccc(O)cc12. The number of phenols is 1. The molecule has 0 saturated carbocycles. The Hall–Kier alpha value is -2.03. The summed E-state index contributed by atoms with van der Waals surface area (Å²) in [6, 6.07) is 8.44. The van der Waals surface area contributed by atoms with Crippen LogP contribution in [0.2, 0.25) is 0 Å². The van der Waals surface area contributed by atoms with Crippen molar-refractivity contribution < 1.29 is 9.90 Å². The van der Waals surface area contributed by atoms with E-state index < -0.39 is 0 Å². The van der Waals surface area contributed by atoms with E-state index in [4.69, 9.17) is 5.73 Å². The number of carbonyl (C=O) groups is 1. The van der Waals surface area contributed by atoms with Crippen LogP contribution in [0, 0.1) is 0 Å². The monoisotopic (exact) mass is 201 g/mol. The van der Waals surface area contributed by atoms with Crippen LogP contribution in [-0.2, 0) is 0 Å². The molecule has 15 heavy (non-hydrogen) atoms. The number of ketones is 1. The Morgan fingerprint density at radius 3 is 2.60 bits per heavy atom. The van der Waals surface area contributed by atoms with Crippen LogP contribution >= 0.6 is 0 Å². The van der Waals surface area contributed by atoms with Crippen molar-refractivity contribution in [2.45, 2.75) is 6.92 Å². The molecule has 0 atom stereocenters. The highest BCUT2D eigenvalue weighted by atomic mass is 16.3. The fourth-order valence-corrected chi connectivity index (χ4v) is 1.72. The van der Waals surface area contributed by atoms with Crippen molar-refractivity contribution in [2.24, 2.45) is 0 Å². The highest BCUT2D eigenvalue weighted by Gasteiger charge is 2.10. The maximum absolute atomic E-state index is 11.4. The normalized spacial score (nSPS) is 10.5. The number of hydrogen-bond acceptors (Lipinski definition) is 3. The molecule has 2 aromatic carbocycles. The second-order valence-electron chi connectivity index (χ2n) is 3.49. The quantitative estimate of drug-likeness (QED) is 0.549. The molecule has 2 rings (SSSR count). The minimum absolute atomic E-state index is 0.0938. The molecule has 0 aliphatic carbocycles. The fourth-order valence-electron chi connectivity index (χ4n) is 1.72. The largest absolute Gasteiger partial charge is 0.508 e. The molecule has 76 valence electrons. The van der Waals surface area contributed by atoms with E-state index in [0.717, 1.165) is 5.39 Å². The molecule has 3 heteroatoms. The van der Waals surface area contributed by atoms with Gasteiger partial charge in [0.25, 0.3) is 0 Å². The van der Waals surface area contributed by atoms with Crippen LogP contribution in [0.25, 0.3) is 10.8 Å². The number of rotatable bonds is 1. The van der Waals surface area contributed by atoms with Gasteiger partial charge in [0.15, 0.2) is 5.78 Å². The second-order valence-corrected chi connectivity index (χ2v) is 3.49. The van der Waals surface area contributed by atoms with Gasteiger partial charge in [0.2, 0.25) is 0 Å². The summed E-state index contributed by atoms with van der Waals surface area (Å²) in [7, 11) is 0. The van der Waals surface area contributed by atoms with Gasteiger partial charge >= 0.3 is 0 Å². The van der Waals surface area contributed by atoms with Gasteiger partial charge < -0.3 is 10.8 Å². The Kier molecular flexibility index (Phi) is 2.08. The number of Topliss-reactive ketones (excluding diaryl/α,β-unsaturated/α-hetero) is 1. The van der Waals surface area contributed by atoms with E-state index in [9.17, 15) is 9.90 Å². The van der Waals surface area contributed by atoms with Crippen LogP contribution in [-0.4, -0.2) is 10.9 Å². The molecule has 0 fully saturated rings. The van der Waals surface area contributed by atoms with E-state index in [1.54, 1.807) is 24.3 Å². The number of hydrogen-bond donors (Lipinski definition) is 2. The molecule has 0 unspecified atom stereocenters. The molecular weight excluding hydrogens is 190 g/mol. The predicted molar refractivity (Wildman–Crippen MR) is 60.0 cm³/mol. The van der Waals surface area contributed by atoms with E-state index >= 15 is 0 Å². The first-order chi connectivity index (χ1) is 7.09. The van der Waals surface area contributed by atoms with Gasteiger partial charge in [-0.15, -0.1) is 0 Å². The average Bonchev–Trinajstić information content (AvgIpc) is 2.16. The lowest BCUT2D eigenvalue weighted by molar-refractivity contribution is 0.102. The van der Waals surface area contributed by atoms with Crippen molar-refractivity contribution in [1.82, 2.24) is 0 Å². The summed E-state index contributed by atoms with van der Waals surface area (Å²) in [6.07, 6.45) is 0. The summed E-state index contributed by atoms with van der Waals surface area (Å²) in [5.74, 6) is 0.0410. The van der Waals surface area contributed by atoms with Gasteiger partial charge in [0, 0.05) is 11.3 Å². The minimum atomic E-state index is -0.0938. The molecule has 3 N–H and O–H groups in total. The topological polar surface area (TPSA) is 63.3 Å². The lowest BCUT2D eigenvalue weighted by atomic mass is 10.00. The zero-order valence-electron chi connectivity index (χ0n) is 8.32. The first-order valence-electron chi connectivity index (χ1n) is 4.62. The zero-order valence-corrected chi connectivity index (χ0v) is 8.32. The molecule has 3 nitrogen and oxygen atoms in total. The number of fused-ring (bicyclic) bond motifs is 1. The van der Waals surface area contributed by atoms with Crippen molar-refractivity contribution in [3.63, 3.8) is 0 Å². The van der Waals surface area contributed by atoms with E-state index in [2.05, 4.69) is 0 Å². The molecule has 0 amide bonds. The maximum atomic E-state index is 11.4. The molecule has 0 heterocycles. The van der Waals surface area contributed by atoms with Crippen molar-refractivity contribution >= 4 is 22.2 Å². The van der Waals surface area contributed by atoms with Crippen molar-refractivity contribution in [1.29, 1.82) is 0 Å². The van der Waals surface area contributed by atoms with E-state index in [0.29, 0.717) is 16.6 Å². The van der Waals surface area contributed by atoms with Gasteiger partial charge in [-0.1, -0.05) is 12.1 Å². The second kappa shape index (κ2) is 3.28. The van der Waals surface area contributed by atoms with Crippen LogP contribution in [0.4, 0.5) is 5.69 Å². The van der Waals surface area contributed by atoms with Crippen LogP contribution < -0.4 is 5.73 Å². The number of carbonyl (C=O) groups excluding carboxylic acids is 1. The molecule has 2 aromatic rings. The lowest BCUT2D eigenvalue weighted by Gasteiger charge is -2.07. The lowest BCUT2D eigenvalue weighted by Crippen LogP contribution is -2.00. The van der Waals surface area contributed by atoms with E-state index in [-0.39, 0.29) is 11.5 Å². The predicted octanol–water partition coefficient (Wildman–Crippen LogP) is 2.33. The van der Waals surface area contributed by atoms with Crippen LogP contribution in [0.5, 0.6) is 5.75 Å². The summed E-state index contributed by atoms with van der Waals surface area (Å²) in [6.45, 7) is 1.47. The van der Waals surface area contributed by atoms with Crippen LogP contribution in [0.1, 0.15) is 17.3 Å². The van der Waals surface area contributed by atoms with Gasteiger partial charge in [0.1, 0.15) is 5.75 Å². The Bertz CT molecular complexity index is 541. The molecule has 0 radical (unpaired) electrons.